The van der Waals surface area contributed by atoms with Gasteiger partial charge in [0.25, 0.3) is 0 Å². The van der Waals surface area contributed by atoms with Gasteiger partial charge in [-0.2, -0.15) is 0 Å². The van der Waals surface area contributed by atoms with E-state index in [4.69, 9.17) is 11.6 Å². The third-order valence-corrected chi connectivity index (χ3v) is 3.92. The summed E-state index contributed by atoms with van der Waals surface area (Å²) in [6.07, 6.45) is 2.71. The SMILES string of the molecule is C=CCn1c(=O)n(CC=C)c(=O)n(CC(=O)NCc2cccc(Cl)c2)c1=O. The van der Waals surface area contributed by atoms with Crippen LogP contribution in [-0.4, -0.2) is 19.6 Å². The smallest absolute Gasteiger partial charge is 0.337 e. The Morgan fingerprint density at radius 3 is 2.07 bits per heavy atom. The molecule has 1 amide bonds. The molecule has 0 radical (unpaired) electrons. The molecule has 27 heavy (non-hydrogen) atoms. The number of halogens is 1. The minimum absolute atomic E-state index is 0.0841. The van der Waals surface area contributed by atoms with Crippen LogP contribution in [0.25, 0.3) is 0 Å². The predicted octanol–water partition coefficient (Wildman–Crippen LogP) is 0.514. The third kappa shape index (κ3) is 4.73. The van der Waals surface area contributed by atoms with E-state index in [1.807, 2.05) is 0 Å². The van der Waals surface area contributed by atoms with Crippen molar-refractivity contribution in [2.24, 2.45) is 0 Å². The van der Waals surface area contributed by atoms with E-state index in [9.17, 15) is 19.2 Å². The molecule has 2 aromatic rings. The van der Waals surface area contributed by atoms with Gasteiger partial charge in [0.2, 0.25) is 5.91 Å². The lowest BCUT2D eigenvalue weighted by Crippen LogP contribution is -2.55. The molecule has 142 valence electrons. The van der Waals surface area contributed by atoms with Crippen molar-refractivity contribution >= 4 is 17.5 Å². The zero-order valence-corrected chi connectivity index (χ0v) is 15.3. The van der Waals surface area contributed by atoms with Gasteiger partial charge in [-0.05, 0) is 17.7 Å². The Balaban J connectivity index is 2.31. The fourth-order valence-corrected chi connectivity index (χ4v) is 2.65. The molecular weight excluding hydrogens is 372 g/mol. The molecule has 0 saturated carbocycles. The second-order valence-electron chi connectivity index (χ2n) is 5.64. The van der Waals surface area contributed by atoms with E-state index < -0.39 is 29.5 Å². The van der Waals surface area contributed by atoms with Crippen molar-refractivity contribution in [3.05, 3.63) is 91.6 Å². The number of nitrogens with one attached hydrogen (secondary N) is 1. The summed E-state index contributed by atoms with van der Waals surface area (Å²) in [7, 11) is 0. The maximum atomic E-state index is 12.5. The average Bonchev–Trinajstić information content (AvgIpc) is 2.64. The van der Waals surface area contributed by atoms with Crippen LogP contribution in [0.2, 0.25) is 5.02 Å². The van der Waals surface area contributed by atoms with E-state index in [0.29, 0.717) is 9.59 Å². The van der Waals surface area contributed by atoms with E-state index in [1.165, 1.54) is 12.2 Å². The van der Waals surface area contributed by atoms with Gasteiger partial charge in [-0.3, -0.25) is 4.79 Å². The van der Waals surface area contributed by atoms with Crippen molar-refractivity contribution in [3.63, 3.8) is 0 Å². The normalized spacial score (nSPS) is 10.4. The number of allylic oxidation sites excluding steroid dienone is 2. The minimum Gasteiger partial charge on any atom is -0.350 e. The van der Waals surface area contributed by atoms with E-state index in [0.717, 1.165) is 14.7 Å². The molecule has 9 heteroatoms. The number of amides is 1. The summed E-state index contributed by atoms with van der Waals surface area (Å²) in [5.74, 6) is -0.553. The molecule has 0 aliphatic rings. The Morgan fingerprint density at radius 2 is 1.56 bits per heavy atom. The van der Waals surface area contributed by atoms with E-state index >= 15 is 0 Å². The van der Waals surface area contributed by atoms with E-state index in [1.54, 1.807) is 24.3 Å². The van der Waals surface area contributed by atoms with Gasteiger partial charge in [-0.1, -0.05) is 35.9 Å². The Morgan fingerprint density at radius 1 is 1.00 bits per heavy atom. The molecule has 0 atom stereocenters. The number of aromatic nitrogens is 3. The molecule has 0 spiro atoms. The van der Waals surface area contributed by atoms with Crippen molar-refractivity contribution in [1.82, 2.24) is 19.0 Å². The van der Waals surface area contributed by atoms with Gasteiger partial charge in [-0.15, -0.1) is 13.2 Å². The minimum atomic E-state index is -0.872. The van der Waals surface area contributed by atoms with Crippen LogP contribution < -0.4 is 22.4 Å². The van der Waals surface area contributed by atoms with Crippen LogP contribution in [-0.2, 0) is 31.0 Å². The number of benzene rings is 1. The van der Waals surface area contributed by atoms with Gasteiger partial charge in [0, 0.05) is 11.6 Å². The first-order valence-electron chi connectivity index (χ1n) is 8.06. The molecule has 0 unspecified atom stereocenters. The number of rotatable bonds is 8. The first kappa shape index (κ1) is 20.2. The molecule has 1 aromatic heterocycles. The fraction of sp³-hybridized carbons (Fsp3) is 0.222. The summed E-state index contributed by atoms with van der Waals surface area (Å²) in [6.45, 7) is 6.48. The molecule has 2 rings (SSSR count). The van der Waals surface area contributed by atoms with Crippen LogP contribution in [0.1, 0.15) is 5.56 Å². The highest BCUT2D eigenvalue weighted by molar-refractivity contribution is 6.30. The molecule has 1 N–H and O–H groups in total. The molecule has 1 aromatic carbocycles. The first-order chi connectivity index (χ1) is 12.9. The Bertz CT molecular complexity index is 1000. The second-order valence-corrected chi connectivity index (χ2v) is 6.08. The topological polar surface area (TPSA) is 95.1 Å². The molecule has 0 saturated heterocycles. The van der Waals surface area contributed by atoms with Crippen LogP contribution in [0.5, 0.6) is 0 Å². The number of hydrogen-bond donors (Lipinski definition) is 1. The van der Waals surface area contributed by atoms with Gasteiger partial charge in [0.15, 0.2) is 0 Å². The molecule has 0 fully saturated rings. The van der Waals surface area contributed by atoms with Gasteiger partial charge in [-0.25, -0.2) is 28.1 Å². The molecule has 0 bridgehead atoms. The van der Waals surface area contributed by atoms with E-state index in [-0.39, 0.29) is 19.6 Å². The molecule has 1 heterocycles. The van der Waals surface area contributed by atoms with Gasteiger partial charge >= 0.3 is 17.1 Å². The molecular formula is C18H19ClN4O4. The Kier molecular flexibility index (Phi) is 6.73. The second kappa shape index (κ2) is 9.00. The number of carbonyl (C=O) groups is 1. The maximum absolute atomic E-state index is 12.5. The average molecular weight is 391 g/mol. The molecule has 8 nitrogen and oxygen atoms in total. The standard InChI is InChI=1S/C18H19ClN4O4/c1-3-8-21-16(25)22(9-4-2)18(27)23(17(21)26)12-15(24)20-11-13-6-5-7-14(19)10-13/h3-7,10H,1-2,8-9,11-12H2,(H,20,24). The summed E-state index contributed by atoms with van der Waals surface area (Å²) in [5, 5.41) is 3.14. The van der Waals surface area contributed by atoms with Gasteiger partial charge in [0.1, 0.15) is 6.54 Å². The zero-order valence-electron chi connectivity index (χ0n) is 14.6. The van der Waals surface area contributed by atoms with Crippen LogP contribution in [0.3, 0.4) is 0 Å². The van der Waals surface area contributed by atoms with Crippen molar-refractivity contribution in [1.29, 1.82) is 0 Å². The van der Waals surface area contributed by atoms with Crippen molar-refractivity contribution in [2.45, 2.75) is 26.2 Å². The summed E-state index contributed by atoms with van der Waals surface area (Å²) >= 11 is 5.89. The number of carbonyl (C=O) groups excluding carboxylic acids is 1. The highest BCUT2D eigenvalue weighted by atomic mass is 35.5. The number of hydrogen-bond acceptors (Lipinski definition) is 4. The monoisotopic (exact) mass is 390 g/mol. The highest BCUT2D eigenvalue weighted by Crippen LogP contribution is 2.10. The van der Waals surface area contributed by atoms with Crippen LogP contribution in [0, 0.1) is 0 Å². The van der Waals surface area contributed by atoms with Gasteiger partial charge < -0.3 is 5.32 Å². The Labute approximate surface area is 159 Å². The Hall–Kier alpha value is -3.13. The lowest BCUT2D eigenvalue weighted by Gasteiger charge is -2.12. The van der Waals surface area contributed by atoms with Crippen molar-refractivity contribution in [3.8, 4) is 0 Å². The summed E-state index contributed by atoms with van der Waals surface area (Å²) < 4.78 is 2.38. The van der Waals surface area contributed by atoms with Crippen LogP contribution >= 0.6 is 11.6 Å². The molecule has 0 aliphatic heterocycles. The summed E-state index contributed by atoms with van der Waals surface area (Å²) in [6, 6.07) is 6.92. The third-order valence-electron chi connectivity index (χ3n) is 3.69. The zero-order chi connectivity index (χ0) is 20.0. The van der Waals surface area contributed by atoms with Crippen molar-refractivity contribution in [2.75, 3.05) is 0 Å². The van der Waals surface area contributed by atoms with Crippen LogP contribution in [0.4, 0.5) is 0 Å². The predicted molar refractivity (Wildman–Crippen MR) is 103 cm³/mol. The maximum Gasteiger partial charge on any atom is 0.337 e. The van der Waals surface area contributed by atoms with Crippen LogP contribution in [0.15, 0.2) is 64.0 Å². The molecule has 0 aliphatic carbocycles. The largest absolute Gasteiger partial charge is 0.350 e. The van der Waals surface area contributed by atoms with E-state index in [2.05, 4.69) is 18.5 Å². The van der Waals surface area contributed by atoms with Gasteiger partial charge in [0.05, 0.1) is 13.1 Å². The summed E-state index contributed by atoms with van der Waals surface area (Å²) in [5.41, 5.74) is -1.75. The first-order valence-corrected chi connectivity index (χ1v) is 8.44. The number of nitrogens with zero attached hydrogens (tertiary/aromatic N) is 3. The lowest BCUT2D eigenvalue weighted by atomic mass is 10.2. The quantitative estimate of drug-likeness (QED) is 0.664. The van der Waals surface area contributed by atoms with Crippen molar-refractivity contribution < 1.29 is 4.79 Å². The lowest BCUT2D eigenvalue weighted by molar-refractivity contribution is -0.122. The highest BCUT2D eigenvalue weighted by Gasteiger charge is 2.16. The summed E-state index contributed by atoms with van der Waals surface area (Å²) in [4.78, 5) is 49.4. The fourth-order valence-electron chi connectivity index (χ4n) is 2.44.